The summed E-state index contributed by atoms with van der Waals surface area (Å²) in [5, 5.41) is 7.95. The summed E-state index contributed by atoms with van der Waals surface area (Å²) >= 11 is 0. The molecule has 0 spiro atoms. The maximum Gasteiger partial charge on any atom is 0.243 e. The number of carbonyl (C=O) groups is 4. The van der Waals surface area contributed by atoms with Crippen LogP contribution in [0.25, 0.3) is 0 Å². The Kier molecular flexibility index (Phi) is 13.8. The lowest BCUT2D eigenvalue weighted by Crippen LogP contribution is -2.56. The van der Waals surface area contributed by atoms with Gasteiger partial charge in [0.05, 0.1) is 12.6 Å². The monoisotopic (exact) mass is 441 g/mol. The number of carbonyl (C=O) groups excluding carboxylic acids is 4. The van der Waals surface area contributed by atoms with E-state index >= 15 is 0 Å². The minimum atomic E-state index is -0.898. The summed E-state index contributed by atoms with van der Waals surface area (Å²) in [6, 6.07) is -2.38. The predicted octanol–water partition coefficient (Wildman–Crippen LogP) is -1.26. The van der Waals surface area contributed by atoms with Crippen molar-refractivity contribution in [2.75, 3.05) is 13.1 Å². The van der Waals surface area contributed by atoms with Crippen LogP contribution < -0.4 is 33.2 Å². The quantitative estimate of drug-likeness (QED) is 0.0789. The first-order valence-electron chi connectivity index (χ1n) is 10.6. The molecule has 0 aliphatic heterocycles. The number of nitrogens with two attached hydrogens (primary N) is 3. The van der Waals surface area contributed by atoms with Gasteiger partial charge in [-0.25, -0.2) is 0 Å². The average Bonchev–Trinajstić information content (AvgIpc) is 2.67. The second kappa shape index (κ2) is 15.2. The van der Waals surface area contributed by atoms with E-state index in [0.29, 0.717) is 25.5 Å². The van der Waals surface area contributed by atoms with Gasteiger partial charge < -0.3 is 37.9 Å². The van der Waals surface area contributed by atoms with Crippen molar-refractivity contribution in [3.05, 3.63) is 0 Å². The molecule has 0 aromatic rings. The van der Waals surface area contributed by atoms with E-state index in [9.17, 15) is 19.2 Å². The third-order valence-electron chi connectivity index (χ3n) is 4.34. The Morgan fingerprint density at radius 3 is 1.97 bits per heavy atom. The van der Waals surface area contributed by atoms with E-state index < -0.39 is 35.8 Å². The van der Waals surface area contributed by atoms with Crippen molar-refractivity contribution in [3.63, 3.8) is 0 Å². The largest absolute Gasteiger partial charge is 0.370 e. The van der Waals surface area contributed by atoms with Gasteiger partial charge in [0.2, 0.25) is 17.7 Å². The highest BCUT2D eigenvalue weighted by atomic mass is 16.2. The van der Waals surface area contributed by atoms with Crippen LogP contribution in [0.15, 0.2) is 4.99 Å². The SMILES string of the molecule is CC(C)C[C@@H](C=O)NC(=O)[C@H](CC(C)C)NC(=O)[C@H](CCCN=C(N)N)NC(=O)CN. The molecule has 0 saturated carbocycles. The van der Waals surface area contributed by atoms with Crippen molar-refractivity contribution in [2.24, 2.45) is 34.0 Å². The van der Waals surface area contributed by atoms with Crippen LogP contribution in [0.5, 0.6) is 0 Å². The zero-order chi connectivity index (χ0) is 24.0. The molecule has 0 heterocycles. The van der Waals surface area contributed by atoms with Crippen LogP contribution >= 0.6 is 0 Å². The van der Waals surface area contributed by atoms with Gasteiger partial charge in [0.15, 0.2) is 5.96 Å². The zero-order valence-corrected chi connectivity index (χ0v) is 19.0. The highest BCUT2D eigenvalue weighted by Gasteiger charge is 2.28. The highest BCUT2D eigenvalue weighted by molar-refractivity contribution is 5.93. The minimum Gasteiger partial charge on any atom is -0.370 e. The smallest absolute Gasteiger partial charge is 0.243 e. The summed E-state index contributed by atoms with van der Waals surface area (Å²) in [7, 11) is 0. The molecule has 3 atom stereocenters. The number of guanidine groups is 1. The van der Waals surface area contributed by atoms with E-state index in [4.69, 9.17) is 17.2 Å². The highest BCUT2D eigenvalue weighted by Crippen LogP contribution is 2.09. The van der Waals surface area contributed by atoms with E-state index in [-0.39, 0.29) is 37.3 Å². The fourth-order valence-electron chi connectivity index (χ4n) is 2.94. The fraction of sp³-hybridized carbons (Fsp3) is 0.750. The van der Waals surface area contributed by atoms with Gasteiger partial charge in [0, 0.05) is 6.54 Å². The molecular formula is C20H39N7O4. The molecule has 11 nitrogen and oxygen atoms in total. The first-order valence-corrected chi connectivity index (χ1v) is 10.6. The van der Waals surface area contributed by atoms with Gasteiger partial charge in [-0.1, -0.05) is 27.7 Å². The van der Waals surface area contributed by atoms with Crippen molar-refractivity contribution in [2.45, 2.75) is 71.5 Å². The van der Waals surface area contributed by atoms with Crippen molar-refractivity contribution >= 4 is 30.0 Å². The Hall–Kier alpha value is -2.69. The lowest BCUT2D eigenvalue weighted by atomic mass is 10.0. The molecule has 0 aromatic heterocycles. The minimum absolute atomic E-state index is 0.0632. The molecule has 0 radical (unpaired) electrons. The van der Waals surface area contributed by atoms with Crippen LogP contribution in [0, 0.1) is 11.8 Å². The number of hydrogen-bond acceptors (Lipinski definition) is 6. The summed E-state index contributed by atoms with van der Waals surface area (Å²) in [5.74, 6) is -1.19. The first-order chi connectivity index (χ1) is 14.5. The molecule has 0 aromatic carbocycles. The van der Waals surface area contributed by atoms with Crippen LogP contribution in [0.4, 0.5) is 0 Å². The van der Waals surface area contributed by atoms with E-state index in [1.54, 1.807) is 0 Å². The number of amides is 3. The third-order valence-corrected chi connectivity index (χ3v) is 4.34. The lowest BCUT2D eigenvalue weighted by molar-refractivity contribution is -0.133. The van der Waals surface area contributed by atoms with Crippen LogP contribution in [0.3, 0.4) is 0 Å². The Labute approximate surface area is 184 Å². The normalized spacial score (nSPS) is 13.8. The molecular weight excluding hydrogens is 402 g/mol. The van der Waals surface area contributed by atoms with Crippen molar-refractivity contribution in [1.29, 1.82) is 0 Å². The lowest BCUT2D eigenvalue weighted by Gasteiger charge is -2.25. The molecule has 0 aliphatic rings. The van der Waals surface area contributed by atoms with E-state index in [1.807, 2.05) is 27.7 Å². The fourth-order valence-corrected chi connectivity index (χ4v) is 2.94. The molecule has 178 valence electrons. The van der Waals surface area contributed by atoms with Crippen LogP contribution in [0.1, 0.15) is 53.4 Å². The summed E-state index contributed by atoms with van der Waals surface area (Å²) in [5.41, 5.74) is 15.9. The van der Waals surface area contributed by atoms with Crippen molar-refractivity contribution < 1.29 is 19.2 Å². The van der Waals surface area contributed by atoms with Crippen LogP contribution in [0.2, 0.25) is 0 Å². The molecule has 9 N–H and O–H groups in total. The number of hydrogen-bond donors (Lipinski definition) is 6. The Morgan fingerprint density at radius 1 is 0.903 bits per heavy atom. The van der Waals surface area contributed by atoms with Gasteiger partial charge in [0.25, 0.3) is 0 Å². The summed E-state index contributed by atoms with van der Waals surface area (Å²) < 4.78 is 0. The molecule has 0 unspecified atom stereocenters. The van der Waals surface area contributed by atoms with Gasteiger partial charge in [-0.3, -0.25) is 19.4 Å². The molecule has 0 fully saturated rings. The molecule has 0 bridgehead atoms. The van der Waals surface area contributed by atoms with E-state index in [2.05, 4.69) is 20.9 Å². The number of aldehydes is 1. The average molecular weight is 442 g/mol. The van der Waals surface area contributed by atoms with Crippen LogP contribution in [-0.4, -0.2) is 61.2 Å². The Balaban J connectivity index is 5.27. The molecule has 0 saturated heterocycles. The number of nitrogens with zero attached hydrogens (tertiary/aromatic N) is 1. The molecule has 0 aliphatic carbocycles. The predicted molar refractivity (Wildman–Crippen MR) is 120 cm³/mol. The first kappa shape index (κ1) is 28.3. The van der Waals surface area contributed by atoms with Gasteiger partial charge in [-0.15, -0.1) is 0 Å². The maximum atomic E-state index is 12.9. The molecule has 0 rings (SSSR count). The number of nitrogens with one attached hydrogen (secondary N) is 3. The van der Waals surface area contributed by atoms with Crippen molar-refractivity contribution in [1.82, 2.24) is 16.0 Å². The Morgan fingerprint density at radius 2 is 1.48 bits per heavy atom. The molecule has 31 heavy (non-hydrogen) atoms. The van der Waals surface area contributed by atoms with Gasteiger partial charge >= 0.3 is 0 Å². The number of aliphatic imine (C=N–C) groups is 1. The van der Waals surface area contributed by atoms with E-state index in [1.165, 1.54) is 0 Å². The topological polar surface area (TPSA) is 195 Å². The second-order valence-corrected chi connectivity index (χ2v) is 8.34. The summed E-state index contributed by atoms with van der Waals surface area (Å²) in [6.07, 6.45) is 2.26. The summed E-state index contributed by atoms with van der Waals surface area (Å²) in [4.78, 5) is 52.5. The zero-order valence-electron chi connectivity index (χ0n) is 19.0. The van der Waals surface area contributed by atoms with Crippen molar-refractivity contribution in [3.8, 4) is 0 Å². The van der Waals surface area contributed by atoms with Gasteiger partial charge in [-0.05, 0) is 37.5 Å². The standard InChI is InChI=1S/C20H39N7O4/c1-12(2)8-14(11-28)25-19(31)16(9-13(3)4)27-18(30)15(26-17(29)10-21)6-5-7-24-20(22)23/h11-16H,5-10,21H2,1-4H3,(H,25,31)(H,26,29)(H,27,30)(H4,22,23,24)/t14-,15-,16-/m0/s1. The Bertz CT molecular complexity index is 619. The number of rotatable bonds is 15. The molecule has 3 amide bonds. The maximum absolute atomic E-state index is 12.9. The third kappa shape index (κ3) is 13.3. The van der Waals surface area contributed by atoms with Gasteiger partial charge in [0.1, 0.15) is 18.4 Å². The molecule has 11 heteroatoms. The van der Waals surface area contributed by atoms with E-state index in [0.717, 1.165) is 0 Å². The summed E-state index contributed by atoms with van der Waals surface area (Å²) in [6.45, 7) is 7.74. The van der Waals surface area contributed by atoms with Gasteiger partial charge in [-0.2, -0.15) is 0 Å². The van der Waals surface area contributed by atoms with Crippen LogP contribution in [-0.2, 0) is 19.2 Å². The second-order valence-electron chi connectivity index (χ2n) is 8.34.